The minimum absolute atomic E-state index is 0. The van der Waals surface area contributed by atoms with E-state index < -0.39 is 10.1 Å². The van der Waals surface area contributed by atoms with Gasteiger partial charge in [0.2, 0.25) is 0 Å². The minimum atomic E-state index is -4.14. The minimum Gasteiger partial charge on any atom is -1.00 e. The van der Waals surface area contributed by atoms with Crippen LogP contribution in [-0.4, -0.2) is 13.0 Å². The van der Waals surface area contributed by atoms with Crippen LogP contribution in [-0.2, 0) is 10.1 Å². The molecule has 0 bridgehead atoms. The zero-order valence-corrected chi connectivity index (χ0v) is 11.4. The van der Waals surface area contributed by atoms with Crippen LogP contribution in [0.4, 0.5) is 5.69 Å². The molecule has 4 nitrogen and oxygen atoms in total. The first-order valence-corrected chi connectivity index (χ1v) is 4.69. The van der Waals surface area contributed by atoms with E-state index in [1.807, 2.05) is 0 Å². The fourth-order valence-corrected chi connectivity index (χ4v) is 1.65. The molecular formula is C7H10KNO3S. The van der Waals surface area contributed by atoms with E-state index in [1.54, 1.807) is 19.1 Å². The van der Waals surface area contributed by atoms with Crippen molar-refractivity contribution < 1.29 is 65.8 Å². The average Bonchev–Trinajstić information content (AvgIpc) is 1.92. The Morgan fingerprint density at radius 3 is 2.38 bits per heavy atom. The molecule has 1 rings (SSSR count). The van der Waals surface area contributed by atoms with Crippen LogP contribution in [0.1, 0.15) is 6.99 Å². The van der Waals surface area contributed by atoms with Gasteiger partial charge in [-0.1, -0.05) is 6.07 Å². The van der Waals surface area contributed by atoms with Crippen molar-refractivity contribution in [3.05, 3.63) is 23.8 Å². The third-order valence-electron chi connectivity index (χ3n) is 1.49. The van der Waals surface area contributed by atoms with Gasteiger partial charge in [0.05, 0.1) is 4.90 Å². The van der Waals surface area contributed by atoms with Crippen molar-refractivity contribution in [3.8, 4) is 0 Å². The standard InChI is InChI=1S/C7H9NO3S.K.H/c1-5-2-3-6(8)4-7(5)12(9,10)11;;/h2-4H,8H2,1H3,(H,9,10,11);;/q;+1;-1. The Balaban J connectivity index is 0. The summed E-state index contributed by atoms with van der Waals surface area (Å²) in [6.07, 6.45) is 0. The topological polar surface area (TPSA) is 80.4 Å². The second-order valence-electron chi connectivity index (χ2n) is 2.50. The summed E-state index contributed by atoms with van der Waals surface area (Å²) in [5, 5.41) is 0. The molecule has 0 aliphatic carbocycles. The molecule has 0 fully saturated rings. The van der Waals surface area contributed by atoms with Gasteiger partial charge in [-0.15, -0.1) is 0 Å². The smallest absolute Gasteiger partial charge is 1.00 e. The van der Waals surface area contributed by atoms with Gasteiger partial charge in [0, 0.05) is 5.69 Å². The molecule has 0 spiro atoms. The summed E-state index contributed by atoms with van der Waals surface area (Å²) < 4.78 is 30.1. The van der Waals surface area contributed by atoms with Crippen LogP contribution in [0.3, 0.4) is 0 Å². The Morgan fingerprint density at radius 2 is 2.00 bits per heavy atom. The normalized spacial score (nSPS) is 10.6. The van der Waals surface area contributed by atoms with Crippen LogP contribution in [0, 0.1) is 6.92 Å². The number of anilines is 1. The molecule has 13 heavy (non-hydrogen) atoms. The average molecular weight is 227 g/mol. The molecule has 0 aromatic heterocycles. The molecule has 0 saturated heterocycles. The molecule has 1 aromatic rings. The van der Waals surface area contributed by atoms with Crippen molar-refractivity contribution in [1.29, 1.82) is 0 Å². The fourth-order valence-electron chi connectivity index (χ4n) is 0.895. The Kier molecular flexibility index (Phi) is 5.09. The molecule has 0 heterocycles. The molecule has 0 aliphatic heterocycles. The summed E-state index contributed by atoms with van der Waals surface area (Å²) >= 11 is 0. The van der Waals surface area contributed by atoms with Crippen molar-refractivity contribution in [2.24, 2.45) is 0 Å². The SMILES string of the molecule is Cc1ccc(N)cc1S(=O)(=O)O.[H-].[K+]. The van der Waals surface area contributed by atoms with E-state index in [-0.39, 0.29) is 57.7 Å². The fraction of sp³-hybridized carbons (Fsp3) is 0.143. The van der Waals surface area contributed by atoms with Crippen molar-refractivity contribution in [2.75, 3.05) is 5.73 Å². The molecule has 0 aliphatic rings. The van der Waals surface area contributed by atoms with Crippen molar-refractivity contribution >= 4 is 15.8 Å². The van der Waals surface area contributed by atoms with Gasteiger partial charge < -0.3 is 7.16 Å². The number of hydrogen-bond acceptors (Lipinski definition) is 3. The van der Waals surface area contributed by atoms with Crippen LogP contribution >= 0.6 is 0 Å². The van der Waals surface area contributed by atoms with Gasteiger partial charge in [-0.25, -0.2) is 0 Å². The molecule has 1 aromatic carbocycles. The maximum Gasteiger partial charge on any atom is 1.00 e. The van der Waals surface area contributed by atoms with Gasteiger partial charge in [-0.05, 0) is 24.6 Å². The number of aryl methyl sites for hydroxylation is 1. The van der Waals surface area contributed by atoms with E-state index in [0.717, 1.165) is 0 Å². The second kappa shape index (κ2) is 4.88. The molecule has 3 N–H and O–H groups in total. The summed E-state index contributed by atoms with van der Waals surface area (Å²) in [4.78, 5) is -0.137. The number of hydrogen-bond donors (Lipinski definition) is 2. The van der Waals surface area contributed by atoms with Crippen molar-refractivity contribution in [2.45, 2.75) is 11.8 Å². The van der Waals surface area contributed by atoms with Crippen molar-refractivity contribution in [3.63, 3.8) is 0 Å². The predicted octanol–water partition coefficient (Wildman–Crippen LogP) is -2.06. The summed E-state index contributed by atoms with van der Waals surface area (Å²) in [5.74, 6) is 0. The molecule has 6 heteroatoms. The molecular weight excluding hydrogens is 217 g/mol. The van der Waals surface area contributed by atoms with Crippen LogP contribution in [0.2, 0.25) is 0 Å². The maximum absolute atomic E-state index is 10.7. The maximum atomic E-state index is 10.7. The Bertz CT molecular complexity index is 407. The number of rotatable bonds is 1. The summed E-state index contributed by atoms with van der Waals surface area (Å²) in [7, 11) is -4.14. The third kappa shape index (κ3) is 3.66. The summed E-state index contributed by atoms with van der Waals surface area (Å²) in [6, 6.07) is 4.34. The molecule has 0 radical (unpaired) electrons. The summed E-state index contributed by atoms with van der Waals surface area (Å²) in [6.45, 7) is 1.59. The Labute approximate surface area is 121 Å². The first-order chi connectivity index (χ1) is 5.41. The van der Waals surface area contributed by atoms with Crippen LogP contribution in [0.25, 0.3) is 0 Å². The van der Waals surface area contributed by atoms with E-state index in [4.69, 9.17) is 10.3 Å². The van der Waals surface area contributed by atoms with Gasteiger partial charge in [0.25, 0.3) is 10.1 Å². The van der Waals surface area contributed by atoms with Crippen LogP contribution in [0.5, 0.6) is 0 Å². The zero-order chi connectivity index (χ0) is 9.35. The predicted molar refractivity (Wildman–Crippen MR) is 46.5 cm³/mol. The van der Waals surface area contributed by atoms with E-state index >= 15 is 0 Å². The van der Waals surface area contributed by atoms with Gasteiger partial charge in [-0.2, -0.15) is 8.42 Å². The largest absolute Gasteiger partial charge is 1.00 e. The van der Waals surface area contributed by atoms with Crippen LogP contribution in [0.15, 0.2) is 23.1 Å². The Morgan fingerprint density at radius 1 is 1.46 bits per heavy atom. The van der Waals surface area contributed by atoms with E-state index in [2.05, 4.69) is 0 Å². The zero-order valence-electron chi connectivity index (χ0n) is 8.48. The molecule has 0 amide bonds. The quantitative estimate of drug-likeness (QED) is 0.328. The van der Waals surface area contributed by atoms with Gasteiger partial charge in [0.15, 0.2) is 0 Å². The van der Waals surface area contributed by atoms with Gasteiger partial charge >= 0.3 is 51.4 Å². The number of nitrogens with two attached hydrogens (primary N) is 1. The monoisotopic (exact) mass is 227 g/mol. The molecule has 0 atom stereocenters. The van der Waals surface area contributed by atoms with Gasteiger partial charge in [0.1, 0.15) is 0 Å². The van der Waals surface area contributed by atoms with E-state index in [1.165, 1.54) is 6.07 Å². The van der Waals surface area contributed by atoms with E-state index in [0.29, 0.717) is 11.3 Å². The third-order valence-corrected chi connectivity index (χ3v) is 2.49. The van der Waals surface area contributed by atoms with Crippen molar-refractivity contribution in [1.82, 2.24) is 0 Å². The van der Waals surface area contributed by atoms with E-state index in [9.17, 15) is 8.42 Å². The second-order valence-corrected chi connectivity index (χ2v) is 3.89. The Hall–Kier alpha value is 0.566. The number of nitrogen functional groups attached to an aromatic ring is 1. The molecule has 68 valence electrons. The molecule has 0 unspecified atom stereocenters. The number of benzene rings is 1. The summed E-state index contributed by atoms with van der Waals surface area (Å²) in [5.41, 5.74) is 6.14. The van der Waals surface area contributed by atoms with Gasteiger partial charge in [-0.3, -0.25) is 4.55 Å². The molecule has 0 saturated carbocycles. The first kappa shape index (κ1) is 13.6. The first-order valence-electron chi connectivity index (χ1n) is 3.25. The van der Waals surface area contributed by atoms with Crippen LogP contribution < -0.4 is 57.1 Å².